The van der Waals surface area contributed by atoms with E-state index < -0.39 is 0 Å². The Morgan fingerprint density at radius 1 is 1.07 bits per heavy atom. The summed E-state index contributed by atoms with van der Waals surface area (Å²) in [6.07, 6.45) is -0.181. The molecule has 2 amide bonds. The predicted octanol–water partition coefficient (Wildman–Crippen LogP) is 2.37. The molecule has 1 N–H and O–H groups in total. The van der Waals surface area contributed by atoms with E-state index in [0.29, 0.717) is 26.2 Å². The Bertz CT molecular complexity index is 804. The van der Waals surface area contributed by atoms with Crippen molar-refractivity contribution < 1.29 is 19.0 Å². The van der Waals surface area contributed by atoms with Gasteiger partial charge >= 0.3 is 6.03 Å². The van der Waals surface area contributed by atoms with Gasteiger partial charge in [-0.3, -0.25) is 0 Å². The summed E-state index contributed by atoms with van der Waals surface area (Å²) in [6, 6.07) is 15.5. The Balaban J connectivity index is 1.23. The lowest BCUT2D eigenvalue weighted by Crippen LogP contribution is -2.53. The summed E-state index contributed by atoms with van der Waals surface area (Å²) in [4.78, 5) is 16.6. The second kappa shape index (κ2) is 8.29. The first kappa shape index (κ1) is 18.3. The second-order valence-corrected chi connectivity index (χ2v) is 6.86. The third kappa shape index (κ3) is 4.08. The SMILES string of the molecule is COc1ccc(N2CCN(C(=O)NC[C@H]3COc4ccccc4O3)CC2)cc1. The molecule has 2 aliphatic heterocycles. The third-order valence-corrected chi connectivity index (χ3v) is 5.05. The molecule has 2 aromatic rings. The molecule has 7 nitrogen and oxygen atoms in total. The molecule has 1 saturated heterocycles. The summed E-state index contributed by atoms with van der Waals surface area (Å²) in [5, 5.41) is 2.97. The number of methoxy groups -OCH3 is 1. The average Bonchev–Trinajstić information content (AvgIpc) is 2.77. The van der Waals surface area contributed by atoms with Gasteiger partial charge in [-0.25, -0.2) is 4.79 Å². The summed E-state index contributed by atoms with van der Waals surface area (Å²) >= 11 is 0. The fourth-order valence-corrected chi connectivity index (χ4v) is 3.44. The number of rotatable bonds is 4. The molecule has 1 fully saturated rings. The van der Waals surface area contributed by atoms with Gasteiger partial charge in [-0.05, 0) is 36.4 Å². The van der Waals surface area contributed by atoms with E-state index in [4.69, 9.17) is 14.2 Å². The van der Waals surface area contributed by atoms with Crippen LogP contribution in [0.15, 0.2) is 48.5 Å². The van der Waals surface area contributed by atoms with Crippen molar-refractivity contribution in [3.8, 4) is 17.2 Å². The van der Waals surface area contributed by atoms with E-state index >= 15 is 0 Å². The maximum absolute atomic E-state index is 12.5. The van der Waals surface area contributed by atoms with Crippen LogP contribution in [0.5, 0.6) is 17.2 Å². The van der Waals surface area contributed by atoms with Gasteiger partial charge in [0.1, 0.15) is 12.4 Å². The highest BCUT2D eigenvalue weighted by atomic mass is 16.6. The standard InChI is InChI=1S/C21H25N3O4/c1-26-17-8-6-16(7-9-17)23-10-12-24(13-11-23)21(25)22-14-18-15-27-19-4-2-3-5-20(19)28-18/h2-9,18H,10-15H2,1H3,(H,22,25)/t18-/m0/s1. The first-order chi connectivity index (χ1) is 13.7. The largest absolute Gasteiger partial charge is 0.497 e. The van der Waals surface area contributed by atoms with Crippen LogP contribution in [0.1, 0.15) is 0 Å². The third-order valence-electron chi connectivity index (χ3n) is 5.05. The van der Waals surface area contributed by atoms with Crippen LogP contribution >= 0.6 is 0 Å². The highest BCUT2D eigenvalue weighted by Gasteiger charge is 2.24. The predicted molar refractivity (Wildman–Crippen MR) is 107 cm³/mol. The number of carbonyl (C=O) groups is 1. The zero-order chi connectivity index (χ0) is 19.3. The number of benzene rings is 2. The highest BCUT2D eigenvalue weighted by molar-refractivity contribution is 5.74. The van der Waals surface area contributed by atoms with Crippen LogP contribution in [0.2, 0.25) is 0 Å². The number of carbonyl (C=O) groups excluding carboxylic acids is 1. The van der Waals surface area contributed by atoms with Crippen LogP contribution in [-0.2, 0) is 0 Å². The zero-order valence-corrected chi connectivity index (χ0v) is 16.0. The van der Waals surface area contributed by atoms with Crippen LogP contribution < -0.4 is 24.4 Å². The van der Waals surface area contributed by atoms with Crippen LogP contribution in [-0.4, -0.2) is 63.5 Å². The Kier molecular flexibility index (Phi) is 5.41. The first-order valence-electron chi connectivity index (χ1n) is 9.53. The second-order valence-electron chi connectivity index (χ2n) is 6.86. The minimum Gasteiger partial charge on any atom is -0.497 e. The van der Waals surface area contributed by atoms with Crippen molar-refractivity contribution in [3.63, 3.8) is 0 Å². The number of hydrogen-bond acceptors (Lipinski definition) is 5. The summed E-state index contributed by atoms with van der Waals surface area (Å²) in [6.45, 7) is 3.83. The van der Waals surface area contributed by atoms with Crippen LogP contribution in [0.4, 0.5) is 10.5 Å². The molecule has 0 radical (unpaired) electrons. The van der Waals surface area contributed by atoms with Crippen molar-refractivity contribution in [1.82, 2.24) is 10.2 Å². The number of nitrogens with zero attached hydrogens (tertiary/aromatic N) is 2. The van der Waals surface area contributed by atoms with Gasteiger partial charge < -0.3 is 29.3 Å². The molecule has 0 unspecified atom stereocenters. The van der Waals surface area contributed by atoms with Crippen molar-refractivity contribution >= 4 is 11.7 Å². The minimum absolute atomic E-state index is 0.0585. The van der Waals surface area contributed by atoms with Gasteiger partial charge in [-0.1, -0.05) is 12.1 Å². The minimum atomic E-state index is -0.181. The van der Waals surface area contributed by atoms with Gasteiger partial charge in [-0.2, -0.15) is 0 Å². The molecule has 2 aromatic carbocycles. The molecule has 2 heterocycles. The Hall–Kier alpha value is -3.09. The lowest BCUT2D eigenvalue weighted by atomic mass is 10.2. The molecule has 7 heteroatoms. The van der Waals surface area contributed by atoms with E-state index in [9.17, 15) is 4.79 Å². The molecule has 148 valence electrons. The number of nitrogens with one attached hydrogen (secondary N) is 1. The van der Waals surface area contributed by atoms with Crippen LogP contribution in [0.3, 0.4) is 0 Å². The van der Waals surface area contributed by atoms with Crippen LogP contribution in [0, 0.1) is 0 Å². The van der Waals surface area contributed by atoms with E-state index in [0.717, 1.165) is 36.0 Å². The molecule has 2 aliphatic rings. The number of fused-ring (bicyclic) bond motifs is 1. The summed E-state index contributed by atoms with van der Waals surface area (Å²) in [7, 11) is 1.66. The number of anilines is 1. The molecule has 0 saturated carbocycles. The number of hydrogen-bond donors (Lipinski definition) is 1. The maximum atomic E-state index is 12.5. The van der Waals surface area contributed by atoms with Crippen molar-refractivity contribution in [2.45, 2.75) is 6.10 Å². The van der Waals surface area contributed by atoms with Gasteiger partial charge in [0.25, 0.3) is 0 Å². The Labute approximate surface area is 164 Å². The van der Waals surface area contributed by atoms with Crippen LogP contribution in [0.25, 0.3) is 0 Å². The van der Waals surface area contributed by atoms with Gasteiger partial charge in [0.05, 0.1) is 13.7 Å². The number of urea groups is 1. The van der Waals surface area contributed by atoms with E-state index in [1.807, 2.05) is 53.4 Å². The normalized spacial score (nSPS) is 18.5. The lowest BCUT2D eigenvalue weighted by Gasteiger charge is -2.36. The number of para-hydroxylation sites is 2. The van der Waals surface area contributed by atoms with Gasteiger partial charge in [-0.15, -0.1) is 0 Å². The fraction of sp³-hybridized carbons (Fsp3) is 0.381. The monoisotopic (exact) mass is 383 g/mol. The van der Waals surface area contributed by atoms with Crippen molar-refractivity contribution in [2.24, 2.45) is 0 Å². The van der Waals surface area contributed by atoms with Gasteiger partial charge in [0.2, 0.25) is 0 Å². The molecule has 0 bridgehead atoms. The number of piperazine rings is 1. The number of ether oxygens (including phenoxy) is 3. The zero-order valence-electron chi connectivity index (χ0n) is 16.0. The van der Waals surface area contributed by atoms with Gasteiger partial charge in [0.15, 0.2) is 17.6 Å². The van der Waals surface area contributed by atoms with Crippen molar-refractivity contribution in [1.29, 1.82) is 0 Å². The molecule has 28 heavy (non-hydrogen) atoms. The molecule has 0 spiro atoms. The Morgan fingerprint density at radius 3 is 2.50 bits per heavy atom. The summed E-state index contributed by atoms with van der Waals surface area (Å²) < 4.78 is 16.8. The molecule has 0 aliphatic carbocycles. The molecular weight excluding hydrogens is 358 g/mol. The van der Waals surface area contributed by atoms with Crippen molar-refractivity contribution in [2.75, 3.05) is 51.3 Å². The van der Waals surface area contributed by atoms with E-state index in [1.54, 1.807) is 7.11 Å². The van der Waals surface area contributed by atoms with E-state index in [-0.39, 0.29) is 12.1 Å². The van der Waals surface area contributed by atoms with Crippen molar-refractivity contribution in [3.05, 3.63) is 48.5 Å². The molecule has 0 aromatic heterocycles. The molecular formula is C21H25N3O4. The Morgan fingerprint density at radius 2 is 1.79 bits per heavy atom. The summed E-state index contributed by atoms with van der Waals surface area (Å²) in [5.41, 5.74) is 1.15. The van der Waals surface area contributed by atoms with E-state index in [1.165, 1.54) is 0 Å². The van der Waals surface area contributed by atoms with Gasteiger partial charge in [0, 0.05) is 31.9 Å². The first-order valence-corrected chi connectivity index (χ1v) is 9.53. The maximum Gasteiger partial charge on any atom is 0.317 e. The fourth-order valence-electron chi connectivity index (χ4n) is 3.44. The average molecular weight is 383 g/mol. The topological polar surface area (TPSA) is 63.3 Å². The lowest BCUT2D eigenvalue weighted by molar-refractivity contribution is 0.0900. The quantitative estimate of drug-likeness (QED) is 0.878. The summed E-state index contributed by atoms with van der Waals surface area (Å²) in [5.74, 6) is 2.32. The highest BCUT2D eigenvalue weighted by Crippen LogP contribution is 2.30. The molecule has 4 rings (SSSR count). The van der Waals surface area contributed by atoms with E-state index in [2.05, 4.69) is 10.2 Å². The number of amides is 2. The molecule has 1 atom stereocenters. The smallest absolute Gasteiger partial charge is 0.317 e.